The van der Waals surface area contributed by atoms with E-state index in [0.717, 1.165) is 40.3 Å². The number of rotatable bonds is 6. The van der Waals surface area contributed by atoms with Crippen molar-refractivity contribution in [2.24, 2.45) is 5.92 Å². The van der Waals surface area contributed by atoms with E-state index in [1.54, 1.807) is 30.2 Å². The lowest BCUT2D eigenvalue weighted by molar-refractivity contribution is -0.115. The zero-order valence-electron chi connectivity index (χ0n) is 14.0. The molecule has 1 aliphatic rings. The van der Waals surface area contributed by atoms with Crippen LogP contribution in [0, 0.1) is 5.92 Å². The first-order valence-corrected chi connectivity index (χ1v) is 9.99. The SMILES string of the molecule is COc1ccc(SCCC(=O)Nc2nc3c(s2)C[C@H](C)CC3)cc1. The molecule has 1 aromatic heterocycles. The van der Waals surface area contributed by atoms with Gasteiger partial charge < -0.3 is 10.1 Å². The van der Waals surface area contributed by atoms with Crippen molar-refractivity contribution >= 4 is 34.1 Å². The van der Waals surface area contributed by atoms with Crippen LogP contribution in [0.15, 0.2) is 29.2 Å². The Morgan fingerprint density at radius 1 is 1.42 bits per heavy atom. The number of nitrogens with zero attached hydrogens (tertiary/aromatic N) is 1. The molecule has 0 radical (unpaired) electrons. The van der Waals surface area contributed by atoms with Crippen molar-refractivity contribution in [1.82, 2.24) is 4.98 Å². The van der Waals surface area contributed by atoms with Gasteiger partial charge in [-0.05, 0) is 49.4 Å². The molecule has 0 saturated heterocycles. The molecule has 1 amide bonds. The molecule has 0 fully saturated rings. The third-order valence-electron chi connectivity index (χ3n) is 4.09. The second kappa shape index (κ2) is 8.03. The number of anilines is 1. The summed E-state index contributed by atoms with van der Waals surface area (Å²) in [5.74, 6) is 2.36. The molecule has 1 aliphatic carbocycles. The Kier molecular flexibility index (Phi) is 5.79. The van der Waals surface area contributed by atoms with Crippen LogP contribution < -0.4 is 10.1 Å². The lowest BCUT2D eigenvalue weighted by Gasteiger charge is -2.15. The third kappa shape index (κ3) is 4.51. The number of ether oxygens (including phenoxy) is 1. The predicted molar refractivity (Wildman–Crippen MR) is 100 cm³/mol. The average molecular weight is 363 g/mol. The van der Waals surface area contributed by atoms with Gasteiger partial charge in [0.1, 0.15) is 5.75 Å². The number of thiazole rings is 1. The van der Waals surface area contributed by atoms with E-state index in [4.69, 9.17) is 4.74 Å². The van der Waals surface area contributed by atoms with Crippen molar-refractivity contribution in [3.05, 3.63) is 34.8 Å². The molecular weight excluding hydrogens is 340 g/mol. The van der Waals surface area contributed by atoms with Gasteiger partial charge in [-0.3, -0.25) is 4.79 Å². The van der Waals surface area contributed by atoms with E-state index in [2.05, 4.69) is 17.2 Å². The first-order valence-electron chi connectivity index (χ1n) is 8.19. The van der Waals surface area contributed by atoms with Crippen LogP contribution in [-0.2, 0) is 17.6 Å². The average Bonchev–Trinajstić information content (AvgIpc) is 2.96. The number of aryl methyl sites for hydroxylation is 1. The van der Waals surface area contributed by atoms with Gasteiger partial charge in [0, 0.05) is 21.9 Å². The fourth-order valence-corrected chi connectivity index (χ4v) is 4.75. The zero-order valence-corrected chi connectivity index (χ0v) is 15.6. The van der Waals surface area contributed by atoms with Gasteiger partial charge >= 0.3 is 0 Å². The predicted octanol–water partition coefficient (Wildman–Crippen LogP) is 4.40. The van der Waals surface area contributed by atoms with Gasteiger partial charge in [0.2, 0.25) is 5.91 Å². The van der Waals surface area contributed by atoms with Gasteiger partial charge in [-0.15, -0.1) is 23.1 Å². The van der Waals surface area contributed by atoms with Crippen LogP contribution >= 0.6 is 23.1 Å². The highest BCUT2D eigenvalue weighted by Gasteiger charge is 2.20. The van der Waals surface area contributed by atoms with E-state index in [-0.39, 0.29) is 5.91 Å². The number of hydrogen-bond acceptors (Lipinski definition) is 5. The Morgan fingerprint density at radius 3 is 2.96 bits per heavy atom. The number of fused-ring (bicyclic) bond motifs is 1. The summed E-state index contributed by atoms with van der Waals surface area (Å²) in [7, 11) is 1.66. The number of aromatic nitrogens is 1. The molecule has 1 aromatic carbocycles. The van der Waals surface area contributed by atoms with Crippen LogP contribution in [0.2, 0.25) is 0 Å². The quantitative estimate of drug-likeness (QED) is 0.774. The summed E-state index contributed by atoms with van der Waals surface area (Å²) in [5.41, 5.74) is 1.18. The van der Waals surface area contributed by atoms with E-state index in [1.807, 2.05) is 24.3 Å². The summed E-state index contributed by atoms with van der Waals surface area (Å²) < 4.78 is 5.14. The maximum atomic E-state index is 12.1. The number of thioether (sulfide) groups is 1. The third-order valence-corrected chi connectivity index (χ3v) is 6.14. The molecule has 1 heterocycles. The highest BCUT2D eigenvalue weighted by atomic mass is 32.2. The largest absolute Gasteiger partial charge is 0.497 e. The van der Waals surface area contributed by atoms with E-state index < -0.39 is 0 Å². The van der Waals surface area contributed by atoms with Crippen LogP contribution in [0.25, 0.3) is 0 Å². The molecule has 4 nitrogen and oxygen atoms in total. The monoisotopic (exact) mass is 362 g/mol. The Hall–Kier alpha value is -1.53. The Bertz CT molecular complexity index is 698. The molecule has 0 unspecified atom stereocenters. The van der Waals surface area contributed by atoms with Gasteiger partial charge in [-0.25, -0.2) is 4.98 Å². The van der Waals surface area contributed by atoms with Crippen molar-refractivity contribution in [3.8, 4) is 5.75 Å². The molecular formula is C18H22N2O2S2. The van der Waals surface area contributed by atoms with E-state index in [1.165, 1.54) is 17.0 Å². The van der Waals surface area contributed by atoms with Crippen molar-refractivity contribution < 1.29 is 9.53 Å². The number of nitrogens with one attached hydrogen (secondary N) is 1. The van der Waals surface area contributed by atoms with Crippen molar-refractivity contribution in [2.45, 2.75) is 37.5 Å². The Labute approximate surface area is 151 Å². The molecule has 3 rings (SSSR count). The van der Waals surface area contributed by atoms with E-state index >= 15 is 0 Å². The summed E-state index contributed by atoms with van der Waals surface area (Å²) in [4.78, 5) is 19.2. The lowest BCUT2D eigenvalue weighted by atomic mass is 9.93. The second-order valence-corrected chi connectivity index (χ2v) is 8.31. The molecule has 128 valence electrons. The molecule has 1 N–H and O–H groups in total. The summed E-state index contributed by atoms with van der Waals surface area (Å²) in [6.07, 6.45) is 3.81. The molecule has 24 heavy (non-hydrogen) atoms. The topological polar surface area (TPSA) is 51.2 Å². The van der Waals surface area contributed by atoms with Crippen LogP contribution in [-0.4, -0.2) is 23.8 Å². The lowest BCUT2D eigenvalue weighted by Crippen LogP contribution is -2.12. The number of carbonyl (C=O) groups is 1. The summed E-state index contributed by atoms with van der Waals surface area (Å²) in [5, 5.41) is 3.71. The maximum absolute atomic E-state index is 12.1. The zero-order chi connectivity index (χ0) is 16.9. The minimum atomic E-state index is 0.0372. The molecule has 1 atom stereocenters. The summed E-state index contributed by atoms with van der Waals surface area (Å²) >= 11 is 3.31. The van der Waals surface area contributed by atoms with Gasteiger partial charge in [-0.2, -0.15) is 0 Å². The van der Waals surface area contributed by atoms with Crippen molar-refractivity contribution in [1.29, 1.82) is 0 Å². The molecule has 2 aromatic rings. The molecule has 0 bridgehead atoms. The van der Waals surface area contributed by atoms with Crippen LogP contribution in [0.3, 0.4) is 0 Å². The minimum Gasteiger partial charge on any atom is -0.497 e. The number of amides is 1. The van der Waals surface area contributed by atoms with Crippen LogP contribution in [0.4, 0.5) is 5.13 Å². The first kappa shape index (κ1) is 17.3. The van der Waals surface area contributed by atoms with E-state index in [0.29, 0.717) is 6.42 Å². The standard InChI is InChI=1S/C18H22N2O2S2/c1-12-3-8-15-16(11-12)24-18(19-15)20-17(21)9-10-23-14-6-4-13(22-2)5-7-14/h4-7,12H,3,8-11H2,1-2H3,(H,19,20,21)/t12-/m1/s1. The molecule has 0 saturated carbocycles. The van der Waals surface area contributed by atoms with Gasteiger partial charge in [0.15, 0.2) is 5.13 Å². The van der Waals surface area contributed by atoms with Gasteiger partial charge in [-0.1, -0.05) is 6.92 Å². The Morgan fingerprint density at radius 2 is 2.21 bits per heavy atom. The van der Waals surface area contributed by atoms with Crippen LogP contribution in [0.1, 0.15) is 30.3 Å². The fraction of sp³-hybridized carbons (Fsp3) is 0.444. The highest BCUT2D eigenvalue weighted by molar-refractivity contribution is 7.99. The van der Waals surface area contributed by atoms with E-state index in [9.17, 15) is 4.79 Å². The smallest absolute Gasteiger partial charge is 0.226 e. The highest BCUT2D eigenvalue weighted by Crippen LogP contribution is 2.32. The number of methoxy groups -OCH3 is 1. The van der Waals surface area contributed by atoms with Crippen molar-refractivity contribution in [3.63, 3.8) is 0 Å². The van der Waals surface area contributed by atoms with Crippen molar-refractivity contribution in [2.75, 3.05) is 18.2 Å². The van der Waals surface area contributed by atoms with Gasteiger partial charge in [0.25, 0.3) is 0 Å². The van der Waals surface area contributed by atoms with Crippen LogP contribution in [0.5, 0.6) is 5.75 Å². The number of hydrogen-bond donors (Lipinski definition) is 1. The second-order valence-electron chi connectivity index (χ2n) is 6.06. The maximum Gasteiger partial charge on any atom is 0.226 e. The normalized spacial score (nSPS) is 16.5. The van der Waals surface area contributed by atoms with Gasteiger partial charge in [0.05, 0.1) is 12.8 Å². The Balaban J connectivity index is 1.45. The molecule has 0 aliphatic heterocycles. The summed E-state index contributed by atoms with van der Waals surface area (Å²) in [6, 6.07) is 7.89. The number of carbonyl (C=O) groups excluding carboxylic acids is 1. The summed E-state index contributed by atoms with van der Waals surface area (Å²) in [6.45, 7) is 2.28. The minimum absolute atomic E-state index is 0.0372. The fourth-order valence-electron chi connectivity index (χ4n) is 2.71. The number of benzene rings is 1. The molecule has 6 heteroatoms. The first-order chi connectivity index (χ1) is 11.6. The molecule has 0 spiro atoms.